The van der Waals surface area contributed by atoms with Crippen LogP contribution in [-0.4, -0.2) is 27.3 Å². The number of amides is 1. The van der Waals surface area contributed by atoms with E-state index in [1.54, 1.807) is 6.20 Å². The molecule has 1 aromatic carbocycles. The first kappa shape index (κ1) is 13.6. The normalized spacial score (nSPS) is 15.7. The summed E-state index contributed by atoms with van der Waals surface area (Å²) < 4.78 is 14.8. The van der Waals surface area contributed by atoms with Crippen molar-refractivity contribution in [1.82, 2.24) is 15.1 Å². The van der Waals surface area contributed by atoms with Crippen molar-refractivity contribution in [3.05, 3.63) is 48.0 Å². The number of phenols is 1. The summed E-state index contributed by atoms with van der Waals surface area (Å²) in [5.74, 6) is -1.55. The number of benzene rings is 1. The molecule has 1 heterocycles. The van der Waals surface area contributed by atoms with Gasteiger partial charge in [-0.2, -0.15) is 5.10 Å². The Hall–Kier alpha value is -2.37. The van der Waals surface area contributed by atoms with E-state index in [1.807, 2.05) is 16.9 Å². The molecule has 0 radical (unpaired) electrons. The Morgan fingerprint density at radius 1 is 1.48 bits per heavy atom. The van der Waals surface area contributed by atoms with Gasteiger partial charge in [0.25, 0.3) is 5.91 Å². The summed E-state index contributed by atoms with van der Waals surface area (Å²) in [5.41, 5.74) is 0.313. The molecule has 0 atom stereocenters. The third kappa shape index (κ3) is 3.04. The van der Waals surface area contributed by atoms with E-state index >= 15 is 0 Å². The summed E-state index contributed by atoms with van der Waals surface area (Å²) in [5, 5.41) is 16.3. The van der Waals surface area contributed by atoms with Crippen molar-refractivity contribution in [3.8, 4) is 5.75 Å². The summed E-state index contributed by atoms with van der Waals surface area (Å²) in [6, 6.07) is 5.45. The number of nitrogens with one attached hydrogen (secondary N) is 1. The Labute approximate surface area is 121 Å². The molecular weight excluding hydrogens is 273 g/mol. The predicted octanol–water partition coefficient (Wildman–Crippen LogP) is 1.94. The fourth-order valence-electron chi connectivity index (χ4n) is 2.33. The Kier molecular flexibility index (Phi) is 3.37. The van der Waals surface area contributed by atoms with E-state index in [0.29, 0.717) is 6.54 Å². The van der Waals surface area contributed by atoms with Gasteiger partial charge in [0.05, 0.1) is 0 Å². The molecule has 2 aromatic rings. The van der Waals surface area contributed by atoms with Crippen molar-refractivity contribution < 1.29 is 14.3 Å². The van der Waals surface area contributed by atoms with Gasteiger partial charge in [0.2, 0.25) is 0 Å². The first-order chi connectivity index (χ1) is 10.1. The van der Waals surface area contributed by atoms with Crippen LogP contribution in [0.5, 0.6) is 5.75 Å². The highest BCUT2D eigenvalue weighted by Crippen LogP contribution is 2.46. The van der Waals surface area contributed by atoms with Gasteiger partial charge in [0, 0.05) is 36.5 Å². The summed E-state index contributed by atoms with van der Waals surface area (Å²) >= 11 is 0. The van der Waals surface area contributed by atoms with Crippen molar-refractivity contribution in [2.75, 3.05) is 6.54 Å². The fraction of sp³-hybridized carbons (Fsp3) is 0.333. The van der Waals surface area contributed by atoms with Gasteiger partial charge in [0.15, 0.2) is 11.6 Å². The van der Waals surface area contributed by atoms with Crippen molar-refractivity contribution in [2.24, 2.45) is 5.41 Å². The van der Waals surface area contributed by atoms with E-state index in [1.165, 1.54) is 6.07 Å². The van der Waals surface area contributed by atoms with Crippen LogP contribution in [0.4, 0.5) is 4.39 Å². The summed E-state index contributed by atoms with van der Waals surface area (Å²) in [6.45, 7) is 1.32. The van der Waals surface area contributed by atoms with Gasteiger partial charge in [-0.25, -0.2) is 4.39 Å². The second kappa shape index (κ2) is 5.20. The van der Waals surface area contributed by atoms with Gasteiger partial charge >= 0.3 is 0 Å². The molecule has 0 aliphatic heterocycles. The number of carbonyl (C=O) groups excluding carboxylic acids is 1. The maximum absolute atomic E-state index is 13.0. The molecule has 6 heteroatoms. The molecule has 1 saturated carbocycles. The lowest BCUT2D eigenvalue weighted by Crippen LogP contribution is -2.32. The van der Waals surface area contributed by atoms with E-state index in [-0.39, 0.29) is 16.9 Å². The zero-order chi connectivity index (χ0) is 14.9. The largest absolute Gasteiger partial charge is 0.505 e. The molecule has 1 amide bonds. The monoisotopic (exact) mass is 289 g/mol. The van der Waals surface area contributed by atoms with Gasteiger partial charge in [0.1, 0.15) is 0 Å². The number of aromatic hydroxyl groups is 1. The van der Waals surface area contributed by atoms with Gasteiger partial charge in [-0.05, 0) is 37.1 Å². The topological polar surface area (TPSA) is 67.2 Å². The van der Waals surface area contributed by atoms with E-state index in [9.17, 15) is 14.3 Å². The van der Waals surface area contributed by atoms with E-state index in [2.05, 4.69) is 10.4 Å². The Bertz CT molecular complexity index is 651. The molecule has 21 heavy (non-hydrogen) atoms. The average molecular weight is 289 g/mol. The van der Waals surface area contributed by atoms with Gasteiger partial charge in [-0.1, -0.05) is 0 Å². The molecule has 3 rings (SSSR count). The molecule has 1 aliphatic rings. The number of carbonyl (C=O) groups is 1. The van der Waals surface area contributed by atoms with E-state index in [4.69, 9.17) is 0 Å². The molecule has 0 unspecified atom stereocenters. The van der Waals surface area contributed by atoms with Crippen LogP contribution in [0.25, 0.3) is 0 Å². The zero-order valence-corrected chi connectivity index (χ0v) is 11.4. The minimum atomic E-state index is -0.733. The Morgan fingerprint density at radius 2 is 2.29 bits per heavy atom. The summed E-state index contributed by atoms with van der Waals surface area (Å²) in [6.07, 6.45) is 5.72. The smallest absolute Gasteiger partial charge is 0.251 e. The number of halogens is 1. The van der Waals surface area contributed by atoms with Crippen molar-refractivity contribution in [3.63, 3.8) is 0 Å². The molecule has 1 fully saturated rings. The number of nitrogens with zero attached hydrogens (tertiary/aromatic N) is 2. The highest BCUT2D eigenvalue weighted by molar-refractivity contribution is 5.94. The lowest BCUT2D eigenvalue weighted by Gasteiger charge is -2.16. The average Bonchev–Trinajstić information content (AvgIpc) is 3.04. The second-order valence-corrected chi connectivity index (χ2v) is 5.55. The van der Waals surface area contributed by atoms with Crippen molar-refractivity contribution >= 4 is 5.91 Å². The zero-order valence-electron chi connectivity index (χ0n) is 11.4. The van der Waals surface area contributed by atoms with Crippen LogP contribution in [0.2, 0.25) is 0 Å². The molecule has 110 valence electrons. The highest BCUT2D eigenvalue weighted by atomic mass is 19.1. The van der Waals surface area contributed by atoms with Gasteiger partial charge in [-0.3, -0.25) is 9.48 Å². The van der Waals surface area contributed by atoms with Crippen LogP contribution < -0.4 is 5.32 Å². The van der Waals surface area contributed by atoms with Crippen molar-refractivity contribution in [2.45, 2.75) is 19.4 Å². The van der Waals surface area contributed by atoms with Crippen LogP contribution in [-0.2, 0) is 6.54 Å². The SMILES string of the molecule is O=C(NCC1(Cn2cccn2)CC1)c1ccc(F)c(O)c1. The Balaban J connectivity index is 1.59. The lowest BCUT2D eigenvalue weighted by molar-refractivity contribution is 0.0942. The minimum absolute atomic E-state index is 0.0593. The number of phenolic OH excluding ortho intramolecular Hbond substituents is 1. The molecule has 1 aromatic heterocycles. The number of rotatable bonds is 5. The maximum atomic E-state index is 13.0. The maximum Gasteiger partial charge on any atom is 0.251 e. The first-order valence-electron chi connectivity index (χ1n) is 6.82. The van der Waals surface area contributed by atoms with Crippen LogP contribution in [0.3, 0.4) is 0 Å². The van der Waals surface area contributed by atoms with Crippen LogP contribution >= 0.6 is 0 Å². The Morgan fingerprint density at radius 3 is 2.90 bits per heavy atom. The molecule has 5 nitrogen and oxygen atoms in total. The number of aromatic nitrogens is 2. The van der Waals surface area contributed by atoms with Gasteiger partial charge < -0.3 is 10.4 Å². The molecule has 1 aliphatic carbocycles. The minimum Gasteiger partial charge on any atom is -0.505 e. The lowest BCUT2D eigenvalue weighted by atomic mass is 10.1. The molecule has 0 bridgehead atoms. The number of hydrogen-bond acceptors (Lipinski definition) is 3. The first-order valence-corrected chi connectivity index (χ1v) is 6.82. The van der Waals surface area contributed by atoms with Crippen LogP contribution in [0.1, 0.15) is 23.2 Å². The third-order valence-electron chi connectivity index (χ3n) is 3.85. The molecular formula is C15H16FN3O2. The second-order valence-electron chi connectivity index (χ2n) is 5.55. The quantitative estimate of drug-likeness (QED) is 0.884. The predicted molar refractivity (Wildman–Crippen MR) is 74.3 cm³/mol. The molecule has 0 saturated heterocycles. The molecule has 0 spiro atoms. The van der Waals surface area contributed by atoms with E-state index in [0.717, 1.165) is 31.5 Å². The standard InChI is InChI=1S/C15H16FN3O2/c16-12-3-2-11(8-13(12)20)14(21)17-9-15(4-5-15)10-19-7-1-6-18-19/h1-3,6-8,20H,4-5,9-10H2,(H,17,21). The number of hydrogen-bond donors (Lipinski definition) is 2. The van der Waals surface area contributed by atoms with Gasteiger partial charge in [-0.15, -0.1) is 0 Å². The fourth-order valence-corrected chi connectivity index (χ4v) is 2.33. The van der Waals surface area contributed by atoms with E-state index < -0.39 is 11.6 Å². The highest BCUT2D eigenvalue weighted by Gasteiger charge is 2.43. The summed E-state index contributed by atoms with van der Waals surface area (Å²) in [7, 11) is 0. The van der Waals surface area contributed by atoms with Crippen molar-refractivity contribution in [1.29, 1.82) is 0 Å². The molecule has 2 N–H and O–H groups in total. The summed E-state index contributed by atoms with van der Waals surface area (Å²) in [4.78, 5) is 12.0. The van der Waals surface area contributed by atoms with Crippen LogP contribution in [0, 0.1) is 11.2 Å². The third-order valence-corrected chi connectivity index (χ3v) is 3.85. The van der Waals surface area contributed by atoms with Crippen LogP contribution in [0.15, 0.2) is 36.7 Å².